The summed E-state index contributed by atoms with van der Waals surface area (Å²) < 4.78 is 0. The van der Waals surface area contributed by atoms with E-state index in [1.165, 1.54) is 0 Å². The first kappa shape index (κ1) is 12.8. The van der Waals surface area contributed by atoms with Gasteiger partial charge in [-0.15, -0.1) is 0 Å². The Balaban J connectivity index is 2.15. The van der Waals surface area contributed by atoms with Gasteiger partial charge in [-0.25, -0.2) is 0 Å². The highest BCUT2D eigenvalue weighted by atomic mass is 16.2. The number of rotatable bonds is 2. The van der Waals surface area contributed by atoms with E-state index in [0.717, 1.165) is 5.56 Å². The van der Waals surface area contributed by atoms with Crippen molar-refractivity contribution in [1.29, 1.82) is 0 Å². The van der Waals surface area contributed by atoms with Crippen LogP contribution in [-0.2, 0) is 4.79 Å². The van der Waals surface area contributed by atoms with E-state index in [-0.39, 0.29) is 0 Å². The molecule has 2 nitrogen and oxygen atoms in total. The first-order valence-electron chi connectivity index (χ1n) is 5.89. The van der Waals surface area contributed by atoms with Crippen molar-refractivity contribution >= 4 is 11.6 Å². The van der Waals surface area contributed by atoms with E-state index in [0.29, 0.717) is 11.1 Å². The summed E-state index contributed by atoms with van der Waals surface area (Å²) in [7, 11) is 0. The van der Waals surface area contributed by atoms with Gasteiger partial charge < -0.3 is 0 Å². The summed E-state index contributed by atoms with van der Waals surface area (Å²) in [5, 5.41) is 0. The highest BCUT2D eigenvalue weighted by Gasteiger charge is 2.13. The predicted octanol–water partition coefficient (Wildman–Crippen LogP) is 2.80. The average Bonchev–Trinajstić information content (AvgIpc) is 2.46. The molecule has 0 aromatic heterocycles. The van der Waals surface area contributed by atoms with E-state index in [4.69, 9.17) is 0 Å². The Morgan fingerprint density at radius 1 is 0.895 bits per heavy atom. The van der Waals surface area contributed by atoms with Crippen LogP contribution in [0, 0.1) is 18.8 Å². The summed E-state index contributed by atoms with van der Waals surface area (Å²) >= 11 is 0. The van der Waals surface area contributed by atoms with Crippen molar-refractivity contribution in [2.24, 2.45) is 0 Å². The molecule has 0 aliphatic rings. The van der Waals surface area contributed by atoms with E-state index in [2.05, 4.69) is 11.8 Å². The van der Waals surface area contributed by atoms with E-state index in [1.54, 1.807) is 36.4 Å². The van der Waals surface area contributed by atoms with Crippen LogP contribution in [0.15, 0.2) is 54.6 Å². The second-order valence-corrected chi connectivity index (χ2v) is 4.14. The fourth-order valence-corrected chi connectivity index (χ4v) is 1.54. The van der Waals surface area contributed by atoms with Crippen molar-refractivity contribution in [1.82, 2.24) is 0 Å². The molecule has 0 radical (unpaired) electrons. The molecule has 0 bridgehead atoms. The highest BCUT2D eigenvalue weighted by molar-refractivity contribution is 6.49. The number of hydrogen-bond acceptors (Lipinski definition) is 2. The number of carbonyl (C=O) groups is 2. The van der Waals surface area contributed by atoms with Crippen LogP contribution in [-0.4, -0.2) is 11.6 Å². The average molecular weight is 248 g/mol. The van der Waals surface area contributed by atoms with Gasteiger partial charge >= 0.3 is 0 Å². The van der Waals surface area contributed by atoms with Crippen LogP contribution in [0.5, 0.6) is 0 Å². The zero-order valence-electron chi connectivity index (χ0n) is 10.5. The summed E-state index contributed by atoms with van der Waals surface area (Å²) in [5.74, 6) is 3.81. The van der Waals surface area contributed by atoms with Gasteiger partial charge in [0.1, 0.15) is 0 Å². The van der Waals surface area contributed by atoms with E-state index < -0.39 is 11.6 Å². The second kappa shape index (κ2) is 5.79. The molecule has 0 aliphatic carbocycles. The molecule has 0 atom stereocenters. The molecule has 0 spiro atoms. The molecule has 0 aliphatic heterocycles. The van der Waals surface area contributed by atoms with Gasteiger partial charge in [0.15, 0.2) is 0 Å². The fourth-order valence-electron chi connectivity index (χ4n) is 1.54. The van der Waals surface area contributed by atoms with Crippen LogP contribution < -0.4 is 0 Å². The molecule has 0 unspecified atom stereocenters. The van der Waals surface area contributed by atoms with Crippen molar-refractivity contribution in [2.45, 2.75) is 6.92 Å². The molecule has 92 valence electrons. The minimum atomic E-state index is -0.687. The van der Waals surface area contributed by atoms with Crippen LogP contribution in [0.4, 0.5) is 0 Å². The third-order valence-electron chi connectivity index (χ3n) is 2.61. The summed E-state index contributed by atoms with van der Waals surface area (Å²) in [4.78, 5) is 23.5. The Labute approximate surface area is 112 Å². The van der Waals surface area contributed by atoms with Gasteiger partial charge in [0.05, 0.1) is 0 Å². The van der Waals surface area contributed by atoms with Crippen LogP contribution in [0.1, 0.15) is 21.5 Å². The molecule has 2 aromatic carbocycles. The minimum absolute atomic E-state index is 0.373. The lowest BCUT2D eigenvalue weighted by molar-refractivity contribution is -0.110. The van der Waals surface area contributed by atoms with Crippen molar-refractivity contribution in [2.75, 3.05) is 0 Å². The zero-order chi connectivity index (χ0) is 13.7. The van der Waals surface area contributed by atoms with Gasteiger partial charge in [-0.3, -0.25) is 9.59 Å². The quantitative estimate of drug-likeness (QED) is 0.465. The molecule has 2 rings (SSSR count). The Morgan fingerprint density at radius 3 is 2.16 bits per heavy atom. The van der Waals surface area contributed by atoms with Crippen LogP contribution in [0.25, 0.3) is 0 Å². The van der Waals surface area contributed by atoms with Gasteiger partial charge in [-0.2, -0.15) is 0 Å². The van der Waals surface area contributed by atoms with Gasteiger partial charge in [0, 0.05) is 11.1 Å². The van der Waals surface area contributed by atoms with Gasteiger partial charge in [-0.1, -0.05) is 53.9 Å². The number of hydrogen-bond donors (Lipinski definition) is 0. The van der Waals surface area contributed by atoms with Crippen LogP contribution in [0.3, 0.4) is 0 Å². The molecular weight excluding hydrogens is 236 g/mol. The maximum atomic E-state index is 11.8. The summed E-state index contributed by atoms with van der Waals surface area (Å²) in [6.07, 6.45) is 0. The zero-order valence-corrected chi connectivity index (χ0v) is 10.5. The summed E-state index contributed by atoms with van der Waals surface area (Å²) in [5.41, 5.74) is 2.13. The number of aryl methyl sites for hydroxylation is 1. The predicted molar refractivity (Wildman–Crippen MR) is 73.8 cm³/mol. The van der Waals surface area contributed by atoms with E-state index in [1.807, 2.05) is 25.1 Å². The number of ketones is 2. The van der Waals surface area contributed by atoms with Gasteiger partial charge in [0.25, 0.3) is 5.78 Å². The van der Waals surface area contributed by atoms with Gasteiger partial charge in [-0.05, 0) is 25.0 Å². The normalized spacial score (nSPS) is 9.32. The first-order chi connectivity index (χ1) is 9.16. The largest absolute Gasteiger partial charge is 0.284 e. The molecule has 0 N–H and O–H groups in total. The van der Waals surface area contributed by atoms with Crippen LogP contribution >= 0.6 is 0 Å². The Hall–Kier alpha value is -2.66. The first-order valence-corrected chi connectivity index (χ1v) is 5.89. The Kier molecular flexibility index (Phi) is 3.90. The lowest BCUT2D eigenvalue weighted by Crippen LogP contribution is -2.11. The van der Waals surface area contributed by atoms with Gasteiger partial charge in [0.2, 0.25) is 5.78 Å². The van der Waals surface area contributed by atoms with E-state index in [9.17, 15) is 9.59 Å². The lowest BCUT2D eigenvalue weighted by Gasteiger charge is -1.96. The SMILES string of the molecule is Cc1ccc(C(=O)C(=O)C#Cc2ccccc2)cc1. The summed E-state index contributed by atoms with van der Waals surface area (Å²) in [6.45, 7) is 1.92. The second-order valence-electron chi connectivity index (χ2n) is 4.14. The molecule has 2 aromatic rings. The minimum Gasteiger partial charge on any atom is -0.284 e. The molecular formula is C17H12O2. The van der Waals surface area contributed by atoms with Crippen molar-refractivity contribution in [3.05, 3.63) is 71.3 Å². The molecule has 0 fully saturated rings. The molecule has 0 heterocycles. The monoisotopic (exact) mass is 248 g/mol. The van der Waals surface area contributed by atoms with Crippen molar-refractivity contribution in [3.8, 4) is 11.8 Å². The van der Waals surface area contributed by atoms with E-state index >= 15 is 0 Å². The summed E-state index contributed by atoms with van der Waals surface area (Å²) in [6, 6.07) is 16.0. The van der Waals surface area contributed by atoms with Crippen molar-refractivity contribution < 1.29 is 9.59 Å². The van der Waals surface area contributed by atoms with Crippen molar-refractivity contribution in [3.63, 3.8) is 0 Å². The van der Waals surface area contributed by atoms with Crippen LogP contribution in [0.2, 0.25) is 0 Å². The number of carbonyl (C=O) groups excluding carboxylic acids is 2. The molecule has 0 saturated heterocycles. The molecule has 19 heavy (non-hydrogen) atoms. The molecule has 0 saturated carbocycles. The third kappa shape index (κ3) is 3.40. The maximum Gasteiger partial charge on any atom is 0.276 e. The standard InChI is InChI=1S/C17H12O2/c1-13-7-10-15(11-8-13)17(19)16(18)12-9-14-5-3-2-4-6-14/h2-8,10-11H,1H3. The number of Topliss-reactive ketones (excluding diaryl/α,β-unsaturated/α-hetero) is 2. The maximum absolute atomic E-state index is 11.8. The Morgan fingerprint density at radius 2 is 1.53 bits per heavy atom. The smallest absolute Gasteiger partial charge is 0.276 e. The molecule has 2 heteroatoms. The Bertz CT molecular complexity index is 656. The molecule has 0 amide bonds. The lowest BCUT2D eigenvalue weighted by atomic mass is 10.1. The highest BCUT2D eigenvalue weighted by Crippen LogP contribution is 2.04. The third-order valence-corrected chi connectivity index (χ3v) is 2.61. The number of benzene rings is 2. The fraction of sp³-hybridized carbons (Fsp3) is 0.0588. The topological polar surface area (TPSA) is 34.1 Å².